The van der Waals surface area contributed by atoms with Crippen LogP contribution in [-0.4, -0.2) is 57.4 Å². The molecular weight excluding hydrogens is 428 g/mol. The van der Waals surface area contributed by atoms with Gasteiger partial charge in [-0.2, -0.15) is 0 Å². The fourth-order valence-corrected chi connectivity index (χ4v) is 5.40. The van der Waals surface area contributed by atoms with E-state index in [0.717, 1.165) is 38.0 Å². The molecule has 2 N–H and O–H groups in total. The fraction of sp³-hybridized carbons (Fsp3) is 0.536. The van der Waals surface area contributed by atoms with E-state index in [-0.39, 0.29) is 23.3 Å². The molecule has 0 bridgehead atoms. The molecule has 2 aromatic rings. The van der Waals surface area contributed by atoms with Crippen molar-refractivity contribution >= 4 is 6.09 Å². The summed E-state index contributed by atoms with van der Waals surface area (Å²) >= 11 is 0. The summed E-state index contributed by atoms with van der Waals surface area (Å²) in [6, 6.07) is 13.1. The number of benzene rings is 2. The molecule has 0 aliphatic carbocycles. The number of carbonyl (C=O) groups is 1. The van der Waals surface area contributed by atoms with Crippen LogP contribution in [0.5, 0.6) is 11.5 Å². The average Bonchev–Trinajstić information content (AvgIpc) is 2.75. The maximum Gasteiger partial charge on any atom is 0.410 e. The second-order valence-electron chi connectivity index (χ2n) is 11.3. The minimum atomic E-state index is -0.566. The van der Waals surface area contributed by atoms with E-state index in [1.54, 1.807) is 18.2 Å². The molecule has 6 nitrogen and oxygen atoms in total. The maximum atomic E-state index is 13.1. The first kappa shape index (κ1) is 24.4. The van der Waals surface area contributed by atoms with E-state index in [1.165, 1.54) is 11.1 Å². The molecule has 6 heteroatoms. The molecule has 2 heterocycles. The molecule has 34 heavy (non-hydrogen) atoms. The highest BCUT2D eigenvalue weighted by atomic mass is 16.6. The molecule has 0 spiro atoms. The first-order valence-electron chi connectivity index (χ1n) is 12.3. The SMILES string of the molecule is C[C@H]1CN(C[C@H]2Cc3ccc(O)cc3CN2C(=O)OC(C)(C)C)CC[C@@]1(C)c1cccc(O)c1. The van der Waals surface area contributed by atoms with Gasteiger partial charge in [0.25, 0.3) is 0 Å². The van der Waals surface area contributed by atoms with Crippen molar-refractivity contribution in [3.05, 3.63) is 59.2 Å². The number of nitrogens with zero attached hydrogens (tertiary/aromatic N) is 2. The highest BCUT2D eigenvalue weighted by Crippen LogP contribution is 2.40. The molecule has 0 radical (unpaired) electrons. The summed E-state index contributed by atoms with van der Waals surface area (Å²) in [5, 5.41) is 20.0. The monoisotopic (exact) mass is 466 g/mol. The molecular formula is C28H38N2O4. The van der Waals surface area contributed by atoms with Gasteiger partial charge in [0.05, 0.1) is 6.04 Å². The maximum absolute atomic E-state index is 13.1. The van der Waals surface area contributed by atoms with Gasteiger partial charge in [-0.1, -0.05) is 32.0 Å². The van der Waals surface area contributed by atoms with Crippen LogP contribution in [0.2, 0.25) is 0 Å². The Morgan fingerprint density at radius 3 is 2.53 bits per heavy atom. The summed E-state index contributed by atoms with van der Waals surface area (Å²) in [6.45, 7) is 13.3. The van der Waals surface area contributed by atoms with Crippen molar-refractivity contribution < 1.29 is 19.7 Å². The summed E-state index contributed by atoms with van der Waals surface area (Å²) < 4.78 is 5.75. The van der Waals surface area contributed by atoms with Gasteiger partial charge in [0.2, 0.25) is 0 Å². The molecule has 0 aromatic heterocycles. The second kappa shape index (κ2) is 9.14. The van der Waals surface area contributed by atoms with Crippen LogP contribution in [0.4, 0.5) is 4.79 Å². The summed E-state index contributed by atoms with van der Waals surface area (Å²) in [6.07, 6.45) is 1.42. The Bertz CT molecular complexity index is 1050. The zero-order valence-corrected chi connectivity index (χ0v) is 21.0. The predicted molar refractivity (Wildman–Crippen MR) is 133 cm³/mol. The van der Waals surface area contributed by atoms with Crippen molar-refractivity contribution in [2.75, 3.05) is 19.6 Å². The molecule has 0 saturated carbocycles. The van der Waals surface area contributed by atoms with Crippen LogP contribution in [0.25, 0.3) is 0 Å². The number of aromatic hydroxyl groups is 2. The highest BCUT2D eigenvalue weighted by Gasteiger charge is 2.40. The van der Waals surface area contributed by atoms with Gasteiger partial charge < -0.3 is 19.8 Å². The van der Waals surface area contributed by atoms with E-state index in [9.17, 15) is 15.0 Å². The molecule has 184 valence electrons. The van der Waals surface area contributed by atoms with Gasteiger partial charge in [-0.05, 0) is 92.4 Å². The number of hydrogen-bond donors (Lipinski definition) is 2. The Hall–Kier alpha value is -2.73. The lowest BCUT2D eigenvalue weighted by Gasteiger charge is -2.47. The van der Waals surface area contributed by atoms with Crippen molar-refractivity contribution in [3.63, 3.8) is 0 Å². The van der Waals surface area contributed by atoms with Gasteiger partial charge in [-0.3, -0.25) is 4.90 Å². The normalized spacial score (nSPS) is 25.6. The zero-order valence-electron chi connectivity index (χ0n) is 21.0. The molecule has 0 unspecified atom stereocenters. The summed E-state index contributed by atoms with van der Waals surface area (Å²) in [4.78, 5) is 17.4. The number of phenols is 2. The van der Waals surface area contributed by atoms with Crippen LogP contribution in [0.1, 0.15) is 57.7 Å². The third-order valence-corrected chi connectivity index (χ3v) is 7.60. The van der Waals surface area contributed by atoms with Crippen LogP contribution >= 0.6 is 0 Å². The van der Waals surface area contributed by atoms with Crippen molar-refractivity contribution in [1.82, 2.24) is 9.80 Å². The van der Waals surface area contributed by atoms with Crippen LogP contribution in [0.15, 0.2) is 42.5 Å². The quantitative estimate of drug-likeness (QED) is 0.662. The van der Waals surface area contributed by atoms with E-state index < -0.39 is 5.60 Å². The minimum Gasteiger partial charge on any atom is -0.508 e. The highest BCUT2D eigenvalue weighted by molar-refractivity contribution is 5.69. The molecule has 4 rings (SSSR count). The van der Waals surface area contributed by atoms with Gasteiger partial charge in [0.1, 0.15) is 17.1 Å². The Morgan fingerprint density at radius 2 is 1.85 bits per heavy atom. The number of likely N-dealkylation sites (tertiary alicyclic amines) is 1. The Labute approximate surface area is 203 Å². The van der Waals surface area contributed by atoms with E-state index in [2.05, 4.69) is 24.8 Å². The number of amides is 1. The van der Waals surface area contributed by atoms with Crippen molar-refractivity contribution in [3.8, 4) is 11.5 Å². The lowest BCUT2D eigenvalue weighted by atomic mass is 9.68. The molecule has 3 atom stereocenters. The van der Waals surface area contributed by atoms with Crippen LogP contribution in [-0.2, 0) is 23.1 Å². The molecule has 2 aliphatic rings. The average molecular weight is 467 g/mol. The summed E-state index contributed by atoms with van der Waals surface area (Å²) in [7, 11) is 0. The molecule has 1 fully saturated rings. The van der Waals surface area contributed by atoms with E-state index >= 15 is 0 Å². The first-order valence-corrected chi connectivity index (χ1v) is 12.3. The number of carbonyl (C=O) groups excluding carboxylic acids is 1. The topological polar surface area (TPSA) is 73.2 Å². The number of phenolic OH excluding ortho intramolecular Hbond substituents is 2. The molecule has 1 amide bonds. The van der Waals surface area contributed by atoms with Gasteiger partial charge in [0, 0.05) is 19.6 Å². The van der Waals surface area contributed by atoms with Crippen molar-refractivity contribution in [2.24, 2.45) is 5.92 Å². The Balaban J connectivity index is 1.51. The smallest absolute Gasteiger partial charge is 0.410 e. The molecule has 1 saturated heterocycles. The van der Waals surface area contributed by atoms with Crippen molar-refractivity contribution in [2.45, 2.75) is 71.1 Å². The van der Waals surface area contributed by atoms with Crippen molar-refractivity contribution in [1.29, 1.82) is 0 Å². The lowest BCUT2D eigenvalue weighted by Crippen LogP contribution is -2.55. The minimum absolute atomic E-state index is 0.00319. The van der Waals surface area contributed by atoms with Crippen LogP contribution in [0.3, 0.4) is 0 Å². The Kier molecular flexibility index (Phi) is 6.56. The summed E-state index contributed by atoms with van der Waals surface area (Å²) in [5.41, 5.74) is 2.77. The standard InChI is InChI=1S/C28H38N2O4/c1-19-16-29(12-11-28(19,5)22-7-6-8-24(31)15-22)18-23-13-20-9-10-25(32)14-21(20)17-30(23)26(33)34-27(2,3)4/h6-10,14-15,19,23,31-32H,11-13,16-18H2,1-5H3/t19-,23+,28+/m0/s1. The third kappa shape index (κ3) is 5.17. The number of fused-ring (bicyclic) bond motifs is 1. The van der Waals surface area contributed by atoms with E-state index in [1.807, 2.05) is 43.9 Å². The number of hydrogen-bond acceptors (Lipinski definition) is 5. The van der Waals surface area contributed by atoms with Crippen LogP contribution in [0, 0.1) is 5.92 Å². The zero-order chi connectivity index (χ0) is 24.7. The number of rotatable bonds is 3. The third-order valence-electron chi connectivity index (χ3n) is 7.60. The lowest BCUT2D eigenvalue weighted by molar-refractivity contribution is 0.00338. The fourth-order valence-electron chi connectivity index (χ4n) is 5.40. The number of ether oxygens (including phenoxy) is 1. The summed E-state index contributed by atoms with van der Waals surface area (Å²) in [5.74, 6) is 0.927. The van der Waals surface area contributed by atoms with Crippen LogP contribution < -0.4 is 0 Å². The van der Waals surface area contributed by atoms with E-state index in [4.69, 9.17) is 4.74 Å². The van der Waals surface area contributed by atoms with Gasteiger partial charge in [0.15, 0.2) is 0 Å². The number of piperidine rings is 1. The second-order valence-corrected chi connectivity index (χ2v) is 11.3. The van der Waals surface area contributed by atoms with E-state index in [0.29, 0.717) is 18.2 Å². The van der Waals surface area contributed by atoms with Gasteiger partial charge in [-0.25, -0.2) is 4.79 Å². The predicted octanol–water partition coefficient (Wildman–Crippen LogP) is 5.06. The van der Waals surface area contributed by atoms with Gasteiger partial charge >= 0.3 is 6.09 Å². The first-order chi connectivity index (χ1) is 15.9. The molecule has 2 aliphatic heterocycles. The Morgan fingerprint density at radius 1 is 1.12 bits per heavy atom. The molecule has 2 aromatic carbocycles. The largest absolute Gasteiger partial charge is 0.508 e. The van der Waals surface area contributed by atoms with Gasteiger partial charge in [-0.15, -0.1) is 0 Å².